The molecule has 0 N–H and O–H groups in total. The molecule has 11 aromatic rings. The van der Waals surface area contributed by atoms with Crippen molar-refractivity contribution in [3.63, 3.8) is 0 Å². The van der Waals surface area contributed by atoms with Gasteiger partial charge in [0.25, 0.3) is 0 Å². The zero-order chi connectivity index (χ0) is 38.4. The van der Waals surface area contributed by atoms with Gasteiger partial charge in [0, 0.05) is 27.5 Å². The van der Waals surface area contributed by atoms with Crippen LogP contribution in [0.15, 0.2) is 231 Å². The summed E-state index contributed by atoms with van der Waals surface area (Å²) in [7, 11) is 0. The van der Waals surface area contributed by atoms with E-state index in [9.17, 15) is 0 Å². The van der Waals surface area contributed by atoms with E-state index in [1.54, 1.807) is 0 Å². The van der Waals surface area contributed by atoms with Crippen LogP contribution in [0.3, 0.4) is 0 Å². The molecule has 0 atom stereocenters. The number of hydrogen-bond donors (Lipinski definition) is 0. The predicted molar refractivity (Wildman–Crippen MR) is 247 cm³/mol. The van der Waals surface area contributed by atoms with Crippen molar-refractivity contribution in [2.75, 3.05) is 4.90 Å². The van der Waals surface area contributed by atoms with Crippen LogP contribution in [0, 0.1) is 0 Å². The van der Waals surface area contributed by atoms with Crippen LogP contribution in [0.2, 0.25) is 0 Å². The fourth-order valence-corrected chi connectivity index (χ4v) is 8.91. The van der Waals surface area contributed by atoms with Crippen molar-refractivity contribution in [2.45, 2.75) is 0 Å². The maximum absolute atomic E-state index is 2.51. The van der Waals surface area contributed by atoms with Gasteiger partial charge in [-0.25, -0.2) is 0 Å². The van der Waals surface area contributed by atoms with Gasteiger partial charge < -0.3 is 9.47 Å². The molecule has 1 heterocycles. The van der Waals surface area contributed by atoms with E-state index >= 15 is 0 Å². The lowest BCUT2D eigenvalue weighted by atomic mass is 9.96. The molecule has 0 radical (unpaired) electrons. The van der Waals surface area contributed by atoms with Gasteiger partial charge in [-0.2, -0.15) is 0 Å². The van der Waals surface area contributed by atoms with Crippen molar-refractivity contribution in [3.05, 3.63) is 231 Å². The minimum atomic E-state index is 1.11. The van der Waals surface area contributed by atoms with Crippen LogP contribution in [-0.2, 0) is 0 Å². The molecular weight excluding hydrogens is 701 g/mol. The third-order valence-electron chi connectivity index (χ3n) is 11.6. The normalized spacial score (nSPS) is 11.4. The van der Waals surface area contributed by atoms with Gasteiger partial charge in [0.2, 0.25) is 0 Å². The number of anilines is 3. The van der Waals surface area contributed by atoms with Gasteiger partial charge in [-0.1, -0.05) is 182 Å². The van der Waals surface area contributed by atoms with Crippen molar-refractivity contribution < 1.29 is 0 Å². The van der Waals surface area contributed by atoms with Crippen molar-refractivity contribution in [1.82, 2.24) is 4.57 Å². The van der Waals surface area contributed by atoms with Crippen LogP contribution in [0.4, 0.5) is 17.1 Å². The number of hydrogen-bond acceptors (Lipinski definition) is 1. The smallest absolute Gasteiger partial charge is 0.0562 e. The van der Waals surface area contributed by atoms with Crippen LogP contribution in [0.5, 0.6) is 0 Å². The first-order valence-electron chi connectivity index (χ1n) is 19.9. The number of benzene rings is 10. The minimum absolute atomic E-state index is 1.11. The lowest BCUT2D eigenvalue weighted by Gasteiger charge is -2.30. The van der Waals surface area contributed by atoms with E-state index in [1.807, 2.05) is 0 Å². The summed E-state index contributed by atoms with van der Waals surface area (Å²) in [6.45, 7) is 0. The molecule has 0 aliphatic heterocycles. The summed E-state index contributed by atoms with van der Waals surface area (Å²) >= 11 is 0. The zero-order valence-electron chi connectivity index (χ0n) is 31.8. The Morgan fingerprint density at radius 3 is 1.43 bits per heavy atom. The quantitative estimate of drug-likeness (QED) is 0.158. The fourth-order valence-electron chi connectivity index (χ4n) is 8.91. The van der Waals surface area contributed by atoms with Crippen LogP contribution in [0.1, 0.15) is 0 Å². The van der Waals surface area contributed by atoms with Gasteiger partial charge in [0.15, 0.2) is 0 Å². The molecule has 0 saturated carbocycles. The monoisotopic (exact) mass is 738 g/mol. The largest absolute Gasteiger partial charge is 0.309 e. The van der Waals surface area contributed by atoms with Gasteiger partial charge in [-0.15, -0.1) is 0 Å². The fraction of sp³-hybridized carbons (Fsp3) is 0. The van der Waals surface area contributed by atoms with Crippen LogP contribution < -0.4 is 4.90 Å². The second-order valence-electron chi connectivity index (χ2n) is 14.9. The second-order valence-corrected chi connectivity index (χ2v) is 14.9. The Kier molecular flexibility index (Phi) is 8.19. The molecule has 0 spiro atoms. The highest BCUT2D eigenvalue weighted by Crippen LogP contribution is 2.49. The number of rotatable bonds is 7. The molecule has 272 valence electrons. The lowest BCUT2D eigenvalue weighted by Crippen LogP contribution is -2.13. The van der Waals surface area contributed by atoms with Crippen LogP contribution >= 0.6 is 0 Å². The Labute approximate surface area is 338 Å². The SMILES string of the molecule is c1ccc(-c2ccccc2-n2c3ccccc3c3c(N(c4ccccc4-c4ccc5ccccc5c4)c4ccccc4-c4ccc5ccccc5c4)cccc32)cc1. The third kappa shape index (κ3) is 5.66. The Morgan fingerprint density at radius 1 is 0.293 bits per heavy atom. The van der Waals surface area contributed by atoms with Crippen molar-refractivity contribution in [1.29, 1.82) is 0 Å². The van der Waals surface area contributed by atoms with E-state index < -0.39 is 0 Å². The Bertz CT molecular complexity index is 3180. The van der Waals surface area contributed by atoms with E-state index in [0.29, 0.717) is 0 Å². The summed E-state index contributed by atoms with van der Waals surface area (Å²) in [5.41, 5.74) is 13.9. The molecule has 2 heteroatoms. The minimum Gasteiger partial charge on any atom is -0.309 e. The molecule has 0 fully saturated rings. The highest BCUT2D eigenvalue weighted by molar-refractivity contribution is 6.17. The number of para-hydroxylation sites is 4. The van der Waals surface area contributed by atoms with Gasteiger partial charge in [-0.05, 0) is 86.8 Å². The molecule has 2 nitrogen and oxygen atoms in total. The van der Waals surface area contributed by atoms with E-state index in [0.717, 1.165) is 39.4 Å². The summed E-state index contributed by atoms with van der Waals surface area (Å²) in [6, 6.07) is 83.9. The first kappa shape index (κ1) is 33.6. The van der Waals surface area contributed by atoms with E-state index in [-0.39, 0.29) is 0 Å². The molecule has 0 bridgehead atoms. The molecule has 0 saturated heterocycles. The highest BCUT2D eigenvalue weighted by atomic mass is 15.2. The van der Waals surface area contributed by atoms with Crippen molar-refractivity contribution in [3.8, 4) is 39.1 Å². The Hall–Kier alpha value is -7.68. The summed E-state index contributed by atoms with van der Waals surface area (Å²) in [6.07, 6.45) is 0. The molecular formula is C56H38N2. The summed E-state index contributed by atoms with van der Waals surface area (Å²) in [5.74, 6) is 0. The average Bonchev–Trinajstić information content (AvgIpc) is 3.64. The average molecular weight is 739 g/mol. The molecule has 0 aliphatic rings. The second kappa shape index (κ2) is 14.1. The molecule has 10 aromatic carbocycles. The summed E-state index contributed by atoms with van der Waals surface area (Å²) in [5, 5.41) is 7.31. The first-order valence-corrected chi connectivity index (χ1v) is 19.9. The first-order chi connectivity index (χ1) is 28.8. The summed E-state index contributed by atoms with van der Waals surface area (Å²) in [4.78, 5) is 2.51. The molecule has 0 unspecified atom stereocenters. The number of fused-ring (bicyclic) bond motifs is 5. The number of nitrogens with zero attached hydrogens (tertiary/aromatic N) is 2. The maximum atomic E-state index is 2.51. The van der Waals surface area contributed by atoms with Gasteiger partial charge in [-0.3, -0.25) is 0 Å². The van der Waals surface area contributed by atoms with Gasteiger partial charge in [0.1, 0.15) is 0 Å². The number of aromatic nitrogens is 1. The Morgan fingerprint density at radius 2 is 0.776 bits per heavy atom. The van der Waals surface area contributed by atoms with Crippen LogP contribution in [0.25, 0.3) is 82.4 Å². The van der Waals surface area contributed by atoms with Crippen molar-refractivity contribution >= 4 is 60.4 Å². The molecule has 58 heavy (non-hydrogen) atoms. The standard InChI is InChI=1S/C56H38N2/c1-2-19-41(20-3-1)46-23-8-12-27-50(46)58-53-30-15-11-26-49(53)56-54(31-16-32-55(56)58)57(51-28-13-9-24-47(51)44-35-33-39-17-4-6-21-42(39)37-44)52-29-14-10-25-48(52)45-36-34-40-18-5-7-22-43(40)38-45/h1-38H. The maximum Gasteiger partial charge on any atom is 0.0562 e. The van der Waals surface area contributed by atoms with Crippen molar-refractivity contribution in [2.24, 2.45) is 0 Å². The molecule has 11 rings (SSSR count). The molecule has 1 aromatic heterocycles. The highest BCUT2D eigenvalue weighted by Gasteiger charge is 2.25. The Balaban J connectivity index is 1.22. The van der Waals surface area contributed by atoms with E-state index in [4.69, 9.17) is 0 Å². The van der Waals surface area contributed by atoms with Crippen LogP contribution in [-0.4, -0.2) is 4.57 Å². The molecule has 0 amide bonds. The third-order valence-corrected chi connectivity index (χ3v) is 11.6. The lowest BCUT2D eigenvalue weighted by molar-refractivity contribution is 1.18. The van der Waals surface area contributed by atoms with Gasteiger partial charge in [0.05, 0.1) is 33.8 Å². The van der Waals surface area contributed by atoms with Gasteiger partial charge >= 0.3 is 0 Å². The topological polar surface area (TPSA) is 8.17 Å². The zero-order valence-corrected chi connectivity index (χ0v) is 31.8. The molecule has 0 aliphatic carbocycles. The van der Waals surface area contributed by atoms with E-state index in [1.165, 1.54) is 60.1 Å². The summed E-state index contributed by atoms with van der Waals surface area (Å²) < 4.78 is 2.46. The predicted octanol–water partition coefficient (Wildman–Crippen LogP) is 15.6. The van der Waals surface area contributed by atoms with E-state index in [2.05, 4.69) is 240 Å².